The van der Waals surface area contributed by atoms with Crippen LogP contribution in [0.1, 0.15) is 32.8 Å². The lowest BCUT2D eigenvalue weighted by molar-refractivity contribution is -0.142. The summed E-state index contributed by atoms with van der Waals surface area (Å²) in [6.07, 6.45) is 1.27. The molecule has 0 spiro atoms. The molecule has 6 heteroatoms. The second-order valence-corrected chi connectivity index (χ2v) is 6.43. The largest absolute Gasteiger partial charge is 0.480 e. The molecule has 0 fully saturated rings. The zero-order valence-corrected chi connectivity index (χ0v) is 13.4. The SMILES string of the molecule is CC(C)(C)OC(=O)N1CC=C(c2ccc(F)cc2)C[C@@H]1C(=O)O. The summed E-state index contributed by atoms with van der Waals surface area (Å²) in [7, 11) is 0. The van der Waals surface area contributed by atoms with Gasteiger partial charge in [-0.15, -0.1) is 0 Å². The van der Waals surface area contributed by atoms with Crippen molar-refractivity contribution in [1.29, 1.82) is 0 Å². The van der Waals surface area contributed by atoms with Crippen LogP contribution in [-0.2, 0) is 9.53 Å². The molecule has 124 valence electrons. The Morgan fingerprint density at radius 1 is 1.26 bits per heavy atom. The van der Waals surface area contributed by atoms with Gasteiger partial charge in [0.2, 0.25) is 0 Å². The summed E-state index contributed by atoms with van der Waals surface area (Å²) in [5, 5.41) is 9.43. The zero-order valence-electron chi connectivity index (χ0n) is 13.4. The van der Waals surface area contributed by atoms with Crippen LogP contribution in [-0.4, -0.2) is 40.3 Å². The molecule has 23 heavy (non-hydrogen) atoms. The number of carboxylic acids is 1. The van der Waals surface area contributed by atoms with Crippen molar-refractivity contribution < 1.29 is 23.8 Å². The summed E-state index contributed by atoms with van der Waals surface area (Å²) in [5.41, 5.74) is 0.833. The van der Waals surface area contributed by atoms with Gasteiger partial charge in [0.15, 0.2) is 0 Å². The number of hydrogen-bond donors (Lipinski definition) is 1. The van der Waals surface area contributed by atoms with Gasteiger partial charge in [-0.1, -0.05) is 18.2 Å². The van der Waals surface area contributed by atoms with E-state index in [1.165, 1.54) is 17.0 Å². The lowest BCUT2D eigenvalue weighted by atomic mass is 9.94. The van der Waals surface area contributed by atoms with Gasteiger partial charge in [0.1, 0.15) is 17.5 Å². The average molecular weight is 321 g/mol. The molecular formula is C17H20FNO4. The van der Waals surface area contributed by atoms with Gasteiger partial charge in [-0.05, 0) is 44.0 Å². The molecule has 0 aromatic heterocycles. The molecule has 5 nitrogen and oxygen atoms in total. The Bertz CT molecular complexity index is 631. The normalized spacial score (nSPS) is 18.3. The van der Waals surface area contributed by atoms with Gasteiger partial charge in [0.05, 0.1) is 0 Å². The molecule has 0 unspecified atom stereocenters. The third-order valence-corrected chi connectivity index (χ3v) is 3.45. The second kappa shape index (κ2) is 6.40. The zero-order chi connectivity index (χ0) is 17.2. The first-order valence-electron chi connectivity index (χ1n) is 7.35. The molecule has 1 atom stereocenters. The highest BCUT2D eigenvalue weighted by Crippen LogP contribution is 2.28. The number of amides is 1. The molecule has 1 heterocycles. The molecule has 1 aromatic carbocycles. The maximum atomic E-state index is 13.0. The Hall–Kier alpha value is -2.37. The molecule has 0 aliphatic carbocycles. The summed E-state index contributed by atoms with van der Waals surface area (Å²) < 4.78 is 18.3. The monoisotopic (exact) mass is 321 g/mol. The van der Waals surface area contributed by atoms with E-state index in [1.807, 2.05) is 0 Å². The minimum absolute atomic E-state index is 0.137. The highest BCUT2D eigenvalue weighted by Gasteiger charge is 2.35. The van der Waals surface area contributed by atoms with E-state index in [-0.39, 0.29) is 18.8 Å². The predicted molar refractivity (Wildman–Crippen MR) is 83.4 cm³/mol. The van der Waals surface area contributed by atoms with Gasteiger partial charge in [0.25, 0.3) is 0 Å². The number of nitrogens with zero attached hydrogens (tertiary/aromatic N) is 1. The fraction of sp³-hybridized carbons (Fsp3) is 0.412. The van der Waals surface area contributed by atoms with Crippen LogP contribution < -0.4 is 0 Å². The van der Waals surface area contributed by atoms with E-state index in [1.54, 1.807) is 39.0 Å². The number of halogens is 1. The first-order chi connectivity index (χ1) is 10.7. The van der Waals surface area contributed by atoms with E-state index in [9.17, 15) is 19.1 Å². The molecule has 0 saturated carbocycles. The molecule has 1 N–H and O–H groups in total. The van der Waals surface area contributed by atoms with Crippen molar-refractivity contribution in [2.24, 2.45) is 0 Å². The van der Waals surface area contributed by atoms with Crippen molar-refractivity contribution in [2.75, 3.05) is 6.54 Å². The van der Waals surface area contributed by atoms with Crippen molar-refractivity contribution in [2.45, 2.75) is 38.8 Å². The highest BCUT2D eigenvalue weighted by molar-refractivity contribution is 5.84. The minimum Gasteiger partial charge on any atom is -0.480 e. The number of carbonyl (C=O) groups is 2. The second-order valence-electron chi connectivity index (χ2n) is 6.43. The fourth-order valence-electron chi connectivity index (χ4n) is 2.38. The van der Waals surface area contributed by atoms with Crippen LogP contribution >= 0.6 is 0 Å². The summed E-state index contributed by atoms with van der Waals surface area (Å²) in [6.45, 7) is 5.32. The Balaban J connectivity index is 2.22. The van der Waals surface area contributed by atoms with Gasteiger partial charge in [-0.2, -0.15) is 0 Å². The van der Waals surface area contributed by atoms with Crippen LogP contribution in [0.4, 0.5) is 9.18 Å². The van der Waals surface area contributed by atoms with E-state index >= 15 is 0 Å². The first-order valence-corrected chi connectivity index (χ1v) is 7.35. The first kappa shape index (κ1) is 17.0. The Morgan fingerprint density at radius 2 is 1.87 bits per heavy atom. The molecule has 0 radical (unpaired) electrons. The van der Waals surface area contributed by atoms with Crippen LogP contribution in [0, 0.1) is 5.82 Å². The van der Waals surface area contributed by atoms with Crippen molar-refractivity contribution >= 4 is 17.6 Å². The third-order valence-electron chi connectivity index (χ3n) is 3.45. The highest BCUT2D eigenvalue weighted by atomic mass is 19.1. The quantitative estimate of drug-likeness (QED) is 0.907. The molecular weight excluding hydrogens is 301 g/mol. The van der Waals surface area contributed by atoms with Crippen LogP contribution in [0.3, 0.4) is 0 Å². The van der Waals surface area contributed by atoms with Crippen molar-refractivity contribution in [3.63, 3.8) is 0 Å². The maximum Gasteiger partial charge on any atom is 0.411 e. The van der Waals surface area contributed by atoms with Gasteiger partial charge < -0.3 is 9.84 Å². The van der Waals surface area contributed by atoms with Gasteiger partial charge >= 0.3 is 12.1 Å². The Kier molecular flexibility index (Phi) is 4.73. The molecule has 1 aromatic rings. The summed E-state index contributed by atoms with van der Waals surface area (Å²) in [4.78, 5) is 24.9. The van der Waals surface area contributed by atoms with Crippen molar-refractivity contribution in [3.05, 3.63) is 41.7 Å². The minimum atomic E-state index is -1.09. The molecule has 2 rings (SSSR count). The van der Waals surface area contributed by atoms with Crippen LogP contribution in [0.25, 0.3) is 5.57 Å². The van der Waals surface area contributed by atoms with Gasteiger partial charge in [-0.3, -0.25) is 4.90 Å². The number of ether oxygens (including phenoxy) is 1. The number of hydrogen-bond acceptors (Lipinski definition) is 3. The van der Waals surface area contributed by atoms with E-state index < -0.39 is 23.7 Å². The van der Waals surface area contributed by atoms with Crippen LogP contribution in [0.15, 0.2) is 30.3 Å². The molecule has 0 saturated heterocycles. The maximum absolute atomic E-state index is 13.0. The van der Waals surface area contributed by atoms with Gasteiger partial charge in [-0.25, -0.2) is 14.0 Å². The Labute approximate surface area is 134 Å². The number of benzene rings is 1. The van der Waals surface area contributed by atoms with Crippen LogP contribution in [0.5, 0.6) is 0 Å². The molecule has 0 bridgehead atoms. The molecule has 1 amide bonds. The van der Waals surface area contributed by atoms with E-state index in [0.29, 0.717) is 0 Å². The smallest absolute Gasteiger partial charge is 0.411 e. The number of rotatable bonds is 2. The van der Waals surface area contributed by atoms with E-state index in [4.69, 9.17) is 4.74 Å². The average Bonchev–Trinajstić information content (AvgIpc) is 2.45. The summed E-state index contributed by atoms with van der Waals surface area (Å²) in [6, 6.07) is 4.85. The van der Waals surface area contributed by atoms with Crippen molar-refractivity contribution in [3.8, 4) is 0 Å². The number of carbonyl (C=O) groups excluding carboxylic acids is 1. The third kappa shape index (κ3) is 4.31. The van der Waals surface area contributed by atoms with Crippen molar-refractivity contribution in [1.82, 2.24) is 4.90 Å². The summed E-state index contributed by atoms with van der Waals surface area (Å²) in [5.74, 6) is -1.45. The van der Waals surface area contributed by atoms with Crippen LogP contribution in [0.2, 0.25) is 0 Å². The number of aliphatic carboxylic acids is 1. The Morgan fingerprint density at radius 3 is 2.39 bits per heavy atom. The fourth-order valence-corrected chi connectivity index (χ4v) is 2.38. The van der Waals surface area contributed by atoms with E-state index in [2.05, 4.69) is 0 Å². The summed E-state index contributed by atoms with van der Waals surface area (Å²) >= 11 is 0. The van der Waals surface area contributed by atoms with Gasteiger partial charge in [0, 0.05) is 13.0 Å². The predicted octanol–water partition coefficient (Wildman–Crippen LogP) is 3.30. The molecule has 1 aliphatic rings. The lowest BCUT2D eigenvalue weighted by Gasteiger charge is -2.34. The standard InChI is InChI=1S/C17H20FNO4/c1-17(2,3)23-16(22)19-9-8-12(10-14(19)15(20)21)11-4-6-13(18)7-5-11/h4-8,14H,9-10H2,1-3H3,(H,20,21)/t14-/m1/s1. The lowest BCUT2D eigenvalue weighted by Crippen LogP contribution is -2.49. The number of carboxylic acid groups (broad SMARTS) is 1. The van der Waals surface area contributed by atoms with E-state index in [0.717, 1.165) is 11.1 Å². The molecule has 1 aliphatic heterocycles. The topological polar surface area (TPSA) is 66.8 Å².